The van der Waals surface area contributed by atoms with Gasteiger partial charge < -0.3 is 15.3 Å². The molecule has 114 valence electrons. The molecule has 0 saturated carbocycles. The van der Waals surface area contributed by atoms with Crippen LogP contribution in [-0.2, 0) is 4.79 Å². The lowest BCUT2D eigenvalue weighted by Crippen LogP contribution is -2.20. The molecule has 2 rings (SSSR count). The van der Waals surface area contributed by atoms with E-state index in [0.29, 0.717) is 22.0 Å². The Morgan fingerprint density at radius 2 is 2.05 bits per heavy atom. The van der Waals surface area contributed by atoms with Crippen molar-refractivity contribution in [1.82, 2.24) is 0 Å². The van der Waals surface area contributed by atoms with Gasteiger partial charge in [-0.25, -0.2) is 4.39 Å². The van der Waals surface area contributed by atoms with Gasteiger partial charge in [-0.05, 0) is 42.5 Å². The monoisotopic (exact) mass is 322 g/mol. The molecule has 0 heterocycles. The minimum atomic E-state index is -0.409. The molecule has 0 bridgehead atoms. The number of hydrogen-bond donors (Lipinski definition) is 2. The zero-order valence-electron chi connectivity index (χ0n) is 11.3. The molecule has 5 nitrogen and oxygen atoms in total. The average molecular weight is 323 g/mol. The Morgan fingerprint density at radius 3 is 2.73 bits per heavy atom. The normalized spacial score (nSPS) is 10.6. The molecule has 2 aromatic rings. The quantitative estimate of drug-likeness (QED) is 0.504. The van der Waals surface area contributed by atoms with Gasteiger partial charge in [-0.3, -0.25) is 4.79 Å². The summed E-state index contributed by atoms with van der Waals surface area (Å²) in [5.74, 6) is -0.451. The summed E-state index contributed by atoms with van der Waals surface area (Å²) in [5, 5.41) is 14.5. The third-order valence-electron chi connectivity index (χ3n) is 2.66. The molecule has 2 aromatic carbocycles. The van der Waals surface area contributed by atoms with Gasteiger partial charge in [0.1, 0.15) is 11.6 Å². The van der Waals surface area contributed by atoms with Crippen molar-refractivity contribution in [2.24, 2.45) is 5.16 Å². The van der Waals surface area contributed by atoms with E-state index in [1.54, 1.807) is 12.1 Å². The van der Waals surface area contributed by atoms with E-state index in [-0.39, 0.29) is 12.4 Å². The number of carbonyl (C=O) groups is 1. The number of nitrogens with zero attached hydrogens (tertiary/aromatic N) is 1. The Kier molecular flexibility index (Phi) is 5.32. The Balaban J connectivity index is 1.97. The Hall–Kier alpha value is -2.60. The maximum atomic E-state index is 12.8. The van der Waals surface area contributed by atoms with Crippen LogP contribution >= 0.6 is 11.6 Å². The Labute approximate surface area is 131 Å². The molecule has 0 saturated heterocycles. The predicted molar refractivity (Wildman–Crippen MR) is 81.4 cm³/mol. The summed E-state index contributed by atoms with van der Waals surface area (Å²) in [5.41, 5.74) is 0.896. The first-order chi connectivity index (χ1) is 10.6. The van der Waals surface area contributed by atoms with Gasteiger partial charge in [-0.15, -0.1) is 0 Å². The number of ether oxygens (including phenoxy) is 1. The molecular formula is C15H12ClFN2O3. The van der Waals surface area contributed by atoms with Gasteiger partial charge in [0, 0.05) is 16.3 Å². The lowest BCUT2D eigenvalue weighted by molar-refractivity contribution is -0.118. The number of halogens is 2. The van der Waals surface area contributed by atoms with Gasteiger partial charge in [0.05, 0.1) is 6.21 Å². The predicted octanol–water partition coefficient (Wildman–Crippen LogP) is 3.30. The second-order valence-corrected chi connectivity index (χ2v) is 4.71. The van der Waals surface area contributed by atoms with Crippen molar-refractivity contribution in [2.45, 2.75) is 0 Å². The Bertz CT molecular complexity index is 690. The molecule has 22 heavy (non-hydrogen) atoms. The molecule has 0 unspecified atom stereocenters. The van der Waals surface area contributed by atoms with Crippen molar-refractivity contribution < 1.29 is 19.1 Å². The highest BCUT2D eigenvalue weighted by atomic mass is 35.5. The summed E-state index contributed by atoms with van der Waals surface area (Å²) in [6, 6.07) is 10.1. The molecule has 0 spiro atoms. The van der Waals surface area contributed by atoms with Crippen LogP contribution < -0.4 is 10.1 Å². The molecule has 0 aliphatic rings. The SMILES string of the molecule is O=C(COc1ccc(Cl)cc1/C=N/O)Nc1ccc(F)cc1. The number of hydrogen-bond acceptors (Lipinski definition) is 4. The second kappa shape index (κ2) is 7.42. The highest BCUT2D eigenvalue weighted by molar-refractivity contribution is 6.30. The summed E-state index contributed by atoms with van der Waals surface area (Å²) in [6.45, 7) is -0.259. The third kappa shape index (κ3) is 4.46. The zero-order chi connectivity index (χ0) is 15.9. The average Bonchev–Trinajstić information content (AvgIpc) is 2.49. The van der Waals surface area contributed by atoms with E-state index in [9.17, 15) is 9.18 Å². The van der Waals surface area contributed by atoms with Gasteiger partial charge in [0.2, 0.25) is 0 Å². The first kappa shape index (κ1) is 15.8. The number of carbonyl (C=O) groups excluding carboxylic acids is 1. The summed E-state index contributed by atoms with van der Waals surface area (Å²) in [7, 11) is 0. The van der Waals surface area contributed by atoms with Gasteiger partial charge in [0.15, 0.2) is 6.61 Å². The van der Waals surface area contributed by atoms with Crippen LogP contribution in [0.25, 0.3) is 0 Å². The van der Waals surface area contributed by atoms with Crippen LogP contribution in [0.4, 0.5) is 10.1 Å². The van der Waals surface area contributed by atoms with E-state index in [0.717, 1.165) is 6.21 Å². The van der Waals surface area contributed by atoms with Gasteiger partial charge in [0.25, 0.3) is 5.91 Å². The number of amides is 1. The molecule has 0 aliphatic heterocycles. The fourth-order valence-corrected chi connectivity index (χ4v) is 1.87. The summed E-state index contributed by atoms with van der Waals surface area (Å²) >= 11 is 5.83. The molecule has 0 radical (unpaired) electrons. The third-order valence-corrected chi connectivity index (χ3v) is 2.89. The fourth-order valence-electron chi connectivity index (χ4n) is 1.69. The standard InChI is InChI=1S/C15H12ClFN2O3/c16-11-1-6-14(10(7-11)8-18-21)22-9-15(20)19-13-4-2-12(17)3-5-13/h1-8,21H,9H2,(H,19,20)/b18-8+. The minimum Gasteiger partial charge on any atom is -0.483 e. The molecule has 2 N–H and O–H groups in total. The van der Waals surface area contributed by atoms with Crippen LogP contribution in [0.5, 0.6) is 5.75 Å². The molecule has 7 heteroatoms. The lowest BCUT2D eigenvalue weighted by Gasteiger charge is -2.09. The topological polar surface area (TPSA) is 70.9 Å². The van der Waals surface area contributed by atoms with E-state index in [2.05, 4.69) is 10.5 Å². The van der Waals surface area contributed by atoms with E-state index in [1.807, 2.05) is 0 Å². The molecule has 0 aromatic heterocycles. The van der Waals surface area contributed by atoms with Crippen LogP contribution in [0.15, 0.2) is 47.6 Å². The van der Waals surface area contributed by atoms with Crippen LogP contribution in [0.2, 0.25) is 5.02 Å². The van der Waals surface area contributed by atoms with E-state index in [4.69, 9.17) is 21.5 Å². The summed E-state index contributed by atoms with van der Waals surface area (Å²) in [4.78, 5) is 11.8. The van der Waals surface area contributed by atoms with Gasteiger partial charge in [-0.1, -0.05) is 16.8 Å². The minimum absolute atomic E-state index is 0.259. The second-order valence-electron chi connectivity index (χ2n) is 4.27. The van der Waals surface area contributed by atoms with Crippen molar-refractivity contribution in [3.8, 4) is 5.75 Å². The highest BCUT2D eigenvalue weighted by Crippen LogP contribution is 2.21. The first-order valence-corrected chi connectivity index (χ1v) is 6.61. The fraction of sp³-hybridized carbons (Fsp3) is 0.0667. The van der Waals surface area contributed by atoms with Crippen molar-refractivity contribution in [1.29, 1.82) is 0 Å². The van der Waals surface area contributed by atoms with Crippen molar-refractivity contribution in [3.05, 3.63) is 58.9 Å². The number of nitrogens with one attached hydrogen (secondary N) is 1. The van der Waals surface area contributed by atoms with Crippen LogP contribution in [0, 0.1) is 5.82 Å². The highest BCUT2D eigenvalue weighted by Gasteiger charge is 2.07. The van der Waals surface area contributed by atoms with Crippen molar-refractivity contribution in [3.63, 3.8) is 0 Å². The van der Waals surface area contributed by atoms with E-state index < -0.39 is 5.91 Å². The van der Waals surface area contributed by atoms with Crippen molar-refractivity contribution in [2.75, 3.05) is 11.9 Å². The van der Waals surface area contributed by atoms with E-state index in [1.165, 1.54) is 30.3 Å². The van der Waals surface area contributed by atoms with E-state index >= 15 is 0 Å². The van der Waals surface area contributed by atoms with Crippen LogP contribution in [-0.4, -0.2) is 23.9 Å². The zero-order valence-corrected chi connectivity index (χ0v) is 12.0. The van der Waals surface area contributed by atoms with Gasteiger partial charge >= 0.3 is 0 Å². The molecule has 0 aliphatic carbocycles. The number of oxime groups is 1. The molecule has 1 amide bonds. The smallest absolute Gasteiger partial charge is 0.262 e. The van der Waals surface area contributed by atoms with Crippen LogP contribution in [0.3, 0.4) is 0 Å². The largest absolute Gasteiger partial charge is 0.483 e. The summed E-state index contributed by atoms with van der Waals surface area (Å²) < 4.78 is 18.1. The molecule has 0 fully saturated rings. The molecule has 0 atom stereocenters. The molecular weight excluding hydrogens is 311 g/mol. The number of anilines is 1. The first-order valence-electron chi connectivity index (χ1n) is 6.23. The maximum absolute atomic E-state index is 12.8. The summed E-state index contributed by atoms with van der Waals surface area (Å²) in [6.07, 6.45) is 1.15. The van der Waals surface area contributed by atoms with Gasteiger partial charge in [-0.2, -0.15) is 0 Å². The Morgan fingerprint density at radius 1 is 1.32 bits per heavy atom. The van der Waals surface area contributed by atoms with Crippen molar-refractivity contribution >= 4 is 29.4 Å². The number of benzene rings is 2. The maximum Gasteiger partial charge on any atom is 0.262 e. The lowest BCUT2D eigenvalue weighted by atomic mass is 10.2. The number of rotatable bonds is 5. The van der Waals surface area contributed by atoms with Crippen LogP contribution in [0.1, 0.15) is 5.56 Å².